The van der Waals surface area contributed by atoms with E-state index in [0.29, 0.717) is 16.7 Å². The molecule has 0 spiro atoms. The van der Waals surface area contributed by atoms with Crippen LogP contribution in [0.1, 0.15) is 40.0 Å². The van der Waals surface area contributed by atoms with Gasteiger partial charge in [0.1, 0.15) is 11.5 Å². The molecule has 0 atom stereocenters. The molecule has 0 bridgehead atoms. The third-order valence-corrected chi connectivity index (χ3v) is 8.25. The molecule has 0 fully saturated rings. The molecule has 4 nitrogen and oxygen atoms in total. The van der Waals surface area contributed by atoms with Crippen molar-refractivity contribution in [2.75, 3.05) is 17.3 Å². The van der Waals surface area contributed by atoms with Gasteiger partial charge in [0.2, 0.25) is 0 Å². The quantitative estimate of drug-likeness (QED) is 0.113. The van der Waals surface area contributed by atoms with Gasteiger partial charge in [-0.2, -0.15) is 74.6 Å². The van der Waals surface area contributed by atoms with Gasteiger partial charge in [0.05, 0.1) is 0 Å². The summed E-state index contributed by atoms with van der Waals surface area (Å²) >= 11 is 0. The first-order chi connectivity index (χ1) is 17.7. The van der Waals surface area contributed by atoms with Crippen LogP contribution < -0.4 is 0 Å². The van der Waals surface area contributed by atoms with Crippen molar-refractivity contribution in [1.29, 1.82) is 0 Å². The highest BCUT2D eigenvalue weighted by atomic mass is 32.2. The van der Waals surface area contributed by atoms with E-state index in [4.69, 9.17) is 0 Å². The number of Topliss-reactive ketones (excluding diaryl/α,β-unsaturated/α-hetero) is 1. The Labute approximate surface area is 224 Å². The maximum absolute atomic E-state index is 13.0. The van der Waals surface area contributed by atoms with Crippen LogP contribution in [0, 0.1) is 0 Å². The Balaban J connectivity index is 0. The second-order valence-electron chi connectivity index (χ2n) is 7.89. The lowest BCUT2D eigenvalue weighted by atomic mass is 9.91. The molecule has 0 radical (unpaired) electrons. The maximum Gasteiger partial charge on any atom is 0.460 e. The average molecular weight is 688 g/mol. The average Bonchev–Trinajstić information content (AvgIpc) is 2.79. The Kier molecular flexibility index (Phi) is 13.4. The van der Waals surface area contributed by atoms with E-state index in [1.165, 1.54) is 11.5 Å². The first-order valence-electron chi connectivity index (χ1n) is 10.6. The van der Waals surface area contributed by atoms with Crippen molar-refractivity contribution < 1.29 is 92.4 Å². The fourth-order valence-electron chi connectivity index (χ4n) is 2.39. The summed E-state index contributed by atoms with van der Waals surface area (Å²) in [4.78, 5) is 11.3. The van der Waals surface area contributed by atoms with E-state index in [1.54, 1.807) is 0 Å². The molecule has 0 heterocycles. The van der Waals surface area contributed by atoms with Gasteiger partial charge < -0.3 is 4.55 Å². The number of halogens is 17. The van der Waals surface area contributed by atoms with E-state index < -0.39 is 57.1 Å². The minimum absolute atomic E-state index is 0.378. The lowest BCUT2D eigenvalue weighted by Gasteiger charge is -2.42. The van der Waals surface area contributed by atoms with Gasteiger partial charge in [-0.05, 0) is 31.2 Å². The molecule has 0 aromatic heterocycles. The van der Waals surface area contributed by atoms with Crippen LogP contribution in [0.2, 0.25) is 0 Å². The summed E-state index contributed by atoms with van der Waals surface area (Å²) in [6.07, 6.45) is -4.88. The van der Waals surface area contributed by atoms with Crippen LogP contribution in [0.25, 0.3) is 0 Å². The molecule has 0 unspecified atom stereocenters. The summed E-state index contributed by atoms with van der Waals surface area (Å²) in [5.41, 5.74) is 0. The predicted octanol–water partition coefficient (Wildman–Crippen LogP) is 6.90. The van der Waals surface area contributed by atoms with Crippen molar-refractivity contribution in [3.8, 4) is 0 Å². The Hall–Kier alpha value is -1.26. The number of carbonyl (C=O) groups excluding carboxylic acids is 1. The first kappa shape index (κ1) is 41.9. The lowest BCUT2D eigenvalue weighted by Crippen LogP contribution is -2.75. The molecule has 0 N–H and O–H groups in total. The van der Waals surface area contributed by atoms with E-state index in [1.807, 2.05) is 0 Å². The van der Waals surface area contributed by atoms with Gasteiger partial charge in [-0.15, -0.1) is 0 Å². The minimum Gasteiger partial charge on any atom is -0.743 e. The Morgan fingerprint density at radius 3 is 1.20 bits per heavy atom. The first-order valence-corrected chi connectivity index (χ1v) is 13.7. The van der Waals surface area contributed by atoms with Crippen LogP contribution in [-0.2, 0) is 25.8 Å². The van der Waals surface area contributed by atoms with E-state index >= 15 is 0 Å². The van der Waals surface area contributed by atoms with Crippen LogP contribution in [0.3, 0.4) is 0 Å². The molecule has 23 heteroatoms. The molecule has 0 amide bonds. The molecule has 0 saturated heterocycles. The van der Waals surface area contributed by atoms with E-state index in [-0.39, 0.29) is 0 Å². The molecule has 248 valence electrons. The smallest absolute Gasteiger partial charge is 0.460 e. The molecular weight excluding hydrogens is 667 g/mol. The highest BCUT2D eigenvalue weighted by Crippen LogP contribution is 2.64. The van der Waals surface area contributed by atoms with Crippen LogP contribution in [0.5, 0.6) is 0 Å². The molecular formula is C18H21F17O4S2. The highest BCUT2D eigenvalue weighted by molar-refractivity contribution is 7.97. The third-order valence-electron chi connectivity index (χ3n) is 5.00. The van der Waals surface area contributed by atoms with Crippen LogP contribution >= 0.6 is 0 Å². The Morgan fingerprint density at radius 1 is 0.610 bits per heavy atom. The van der Waals surface area contributed by atoms with Crippen LogP contribution in [0.4, 0.5) is 74.6 Å². The van der Waals surface area contributed by atoms with Crippen LogP contribution in [-0.4, -0.2) is 83.0 Å². The normalized spacial score (nSPS) is 15.1. The highest BCUT2D eigenvalue weighted by Gasteiger charge is 2.95. The molecule has 41 heavy (non-hydrogen) atoms. The monoisotopic (exact) mass is 688 g/mol. The zero-order valence-corrected chi connectivity index (χ0v) is 22.3. The number of rotatable bonds is 14. The Morgan fingerprint density at radius 2 is 0.927 bits per heavy atom. The topological polar surface area (TPSA) is 74.3 Å². The number of carbonyl (C=O) groups is 1. The molecule has 0 saturated carbocycles. The summed E-state index contributed by atoms with van der Waals surface area (Å²) in [6.45, 7) is 6.49. The van der Waals surface area contributed by atoms with Gasteiger partial charge in [-0.3, -0.25) is 4.79 Å². The van der Waals surface area contributed by atoms with E-state index in [2.05, 4.69) is 20.8 Å². The third kappa shape index (κ3) is 7.64. The molecule has 0 aromatic carbocycles. The molecule has 0 rings (SSSR count). The number of unbranched alkanes of at least 4 members (excludes halogenated alkanes) is 1. The summed E-state index contributed by atoms with van der Waals surface area (Å²) in [6, 6.07) is 0. The van der Waals surface area contributed by atoms with Crippen molar-refractivity contribution in [2.45, 2.75) is 87.0 Å². The van der Waals surface area contributed by atoms with Crippen molar-refractivity contribution in [1.82, 2.24) is 0 Å². The minimum atomic E-state index is -8.92. The SMILES string of the molecule is CCCCC(=O)C[S+](CC)CC.O=S(=O)([O-])C(F)(F)C(F)(F)C(F)(F)C(F)(F)C(F)(F)C(F)(F)C(F)(F)C(F)(F)F. The fourth-order valence-corrected chi connectivity index (χ4v) is 4.25. The second kappa shape index (κ2) is 13.2. The predicted molar refractivity (Wildman–Crippen MR) is 108 cm³/mol. The molecule has 0 aliphatic carbocycles. The van der Waals surface area contributed by atoms with Gasteiger partial charge in [0.15, 0.2) is 21.7 Å². The number of hydrogen-bond acceptors (Lipinski definition) is 4. The molecule has 0 aromatic rings. The summed E-state index contributed by atoms with van der Waals surface area (Å²) in [5, 5.41) is -7.95. The van der Waals surface area contributed by atoms with Gasteiger partial charge in [0, 0.05) is 6.42 Å². The van der Waals surface area contributed by atoms with Crippen molar-refractivity contribution in [3.05, 3.63) is 0 Å². The lowest BCUT2D eigenvalue weighted by molar-refractivity contribution is -0.458. The number of hydrogen-bond donors (Lipinski definition) is 0. The van der Waals surface area contributed by atoms with Crippen molar-refractivity contribution in [3.63, 3.8) is 0 Å². The van der Waals surface area contributed by atoms with Crippen molar-refractivity contribution >= 4 is 26.8 Å². The van der Waals surface area contributed by atoms with E-state index in [0.717, 1.165) is 25.0 Å². The summed E-state index contributed by atoms with van der Waals surface area (Å²) < 4.78 is 244. The van der Waals surface area contributed by atoms with E-state index in [9.17, 15) is 92.4 Å². The summed E-state index contributed by atoms with van der Waals surface area (Å²) in [5.74, 6) is -48.5. The van der Waals surface area contributed by atoms with Gasteiger partial charge >= 0.3 is 47.0 Å². The number of alkyl halides is 17. The largest absolute Gasteiger partial charge is 0.743 e. The number of ketones is 1. The zero-order valence-electron chi connectivity index (χ0n) is 20.6. The van der Waals surface area contributed by atoms with Crippen molar-refractivity contribution in [2.24, 2.45) is 0 Å². The molecule has 0 aliphatic heterocycles. The van der Waals surface area contributed by atoms with Gasteiger partial charge in [0.25, 0.3) is 0 Å². The second-order valence-corrected chi connectivity index (χ2v) is 12.0. The molecule has 0 aliphatic rings. The van der Waals surface area contributed by atoms with Gasteiger partial charge in [-0.25, -0.2) is 8.42 Å². The standard InChI is InChI=1S/C10H21OS.C8HF17O3S/c1-4-7-8-10(11)9-12(5-2)6-3;9-1(10,3(13,14)5(17,18)7(21,22)23)2(11,12)4(15,16)6(19,20)8(24,25)29(26,27)28/h4-9H2,1-3H3;(H,26,27,28)/q+1;/p-1. The zero-order chi connectivity index (χ0) is 33.9. The van der Waals surface area contributed by atoms with Crippen LogP contribution in [0.15, 0.2) is 0 Å². The Bertz CT molecular complexity index is 974. The maximum atomic E-state index is 13.0. The van der Waals surface area contributed by atoms with Gasteiger partial charge in [-0.1, -0.05) is 13.3 Å². The fraction of sp³-hybridized carbons (Fsp3) is 0.944. The summed E-state index contributed by atoms with van der Waals surface area (Å²) in [7, 11) is -7.76.